The summed E-state index contributed by atoms with van der Waals surface area (Å²) in [5.41, 5.74) is 4.99. The number of primary amides is 1. The Morgan fingerprint density at radius 2 is 2.31 bits per heavy atom. The van der Waals surface area contributed by atoms with E-state index in [0.29, 0.717) is 5.75 Å². The van der Waals surface area contributed by atoms with Gasteiger partial charge < -0.3 is 15.8 Å². The van der Waals surface area contributed by atoms with Crippen LogP contribution in [0.15, 0.2) is 18.2 Å². The fraction of sp³-hybridized carbons (Fsp3) is 0.222. The van der Waals surface area contributed by atoms with Crippen molar-refractivity contribution in [1.29, 1.82) is 0 Å². The number of nitrogens with two attached hydrogens (primary N) is 1. The number of carbonyl (C=O) groups is 1. The number of nitro groups is 1. The SMILES string of the molecule is COc1ccc([N+](=O)[O-])c(NCC(N)=O)c1. The maximum absolute atomic E-state index is 10.7. The van der Waals surface area contributed by atoms with Crippen molar-refractivity contribution in [3.63, 3.8) is 0 Å². The van der Waals surface area contributed by atoms with Crippen LogP contribution in [0, 0.1) is 10.1 Å². The van der Waals surface area contributed by atoms with Gasteiger partial charge in [-0.15, -0.1) is 0 Å². The molecule has 0 saturated heterocycles. The Hall–Kier alpha value is -2.31. The summed E-state index contributed by atoms with van der Waals surface area (Å²) in [6, 6.07) is 4.19. The summed E-state index contributed by atoms with van der Waals surface area (Å²) in [7, 11) is 1.44. The van der Waals surface area contributed by atoms with E-state index in [4.69, 9.17) is 10.5 Å². The maximum atomic E-state index is 10.7. The number of ether oxygens (including phenoxy) is 1. The van der Waals surface area contributed by atoms with Crippen LogP contribution in [0.4, 0.5) is 11.4 Å². The molecule has 0 fully saturated rings. The minimum absolute atomic E-state index is 0.137. The Balaban J connectivity index is 3.00. The van der Waals surface area contributed by atoms with Crippen LogP contribution in [0.2, 0.25) is 0 Å². The average Bonchev–Trinajstić information content (AvgIpc) is 2.25. The molecule has 0 saturated carbocycles. The van der Waals surface area contributed by atoms with Gasteiger partial charge in [-0.2, -0.15) is 0 Å². The summed E-state index contributed by atoms with van der Waals surface area (Å²) in [6.07, 6.45) is 0. The minimum atomic E-state index is -0.600. The normalized spacial score (nSPS) is 9.56. The molecule has 0 aromatic heterocycles. The third kappa shape index (κ3) is 2.84. The number of hydrogen-bond acceptors (Lipinski definition) is 5. The Morgan fingerprint density at radius 1 is 1.62 bits per heavy atom. The standard InChI is InChI=1S/C9H11N3O4/c1-16-6-2-3-8(12(14)15)7(4-6)11-5-9(10)13/h2-4,11H,5H2,1H3,(H2,10,13). The highest BCUT2D eigenvalue weighted by Crippen LogP contribution is 2.28. The highest BCUT2D eigenvalue weighted by molar-refractivity contribution is 5.80. The van der Waals surface area contributed by atoms with E-state index in [1.54, 1.807) is 0 Å². The van der Waals surface area contributed by atoms with E-state index >= 15 is 0 Å². The minimum Gasteiger partial charge on any atom is -0.497 e. The molecule has 0 aliphatic rings. The van der Waals surface area contributed by atoms with Crippen molar-refractivity contribution in [2.75, 3.05) is 19.0 Å². The molecule has 7 heteroatoms. The van der Waals surface area contributed by atoms with Crippen LogP contribution in [-0.2, 0) is 4.79 Å². The van der Waals surface area contributed by atoms with E-state index in [2.05, 4.69) is 5.32 Å². The van der Waals surface area contributed by atoms with Crippen LogP contribution in [0.25, 0.3) is 0 Å². The van der Waals surface area contributed by atoms with Crippen molar-refractivity contribution in [1.82, 2.24) is 0 Å². The fourth-order valence-electron chi connectivity index (χ4n) is 1.13. The molecule has 0 heterocycles. The molecular formula is C9H11N3O4. The first-order valence-corrected chi connectivity index (χ1v) is 4.39. The number of amides is 1. The maximum Gasteiger partial charge on any atom is 0.292 e. The molecule has 3 N–H and O–H groups in total. The molecule has 0 aliphatic heterocycles. The molecule has 0 unspecified atom stereocenters. The molecule has 86 valence electrons. The summed E-state index contributed by atoms with van der Waals surface area (Å²) < 4.78 is 4.92. The molecule has 1 amide bonds. The summed E-state index contributed by atoms with van der Waals surface area (Å²) in [5.74, 6) is -0.144. The summed E-state index contributed by atoms with van der Waals surface area (Å²) in [6.45, 7) is -0.173. The van der Waals surface area contributed by atoms with Gasteiger partial charge in [-0.05, 0) is 6.07 Å². The zero-order chi connectivity index (χ0) is 12.1. The number of nitrogens with zero attached hydrogens (tertiary/aromatic N) is 1. The molecule has 0 bridgehead atoms. The van der Waals surface area contributed by atoms with Gasteiger partial charge in [-0.25, -0.2) is 0 Å². The number of anilines is 1. The molecule has 0 spiro atoms. The second-order valence-corrected chi connectivity index (χ2v) is 2.96. The lowest BCUT2D eigenvalue weighted by atomic mass is 10.2. The molecule has 16 heavy (non-hydrogen) atoms. The van der Waals surface area contributed by atoms with Crippen LogP contribution in [-0.4, -0.2) is 24.5 Å². The number of nitro benzene ring substituents is 1. The number of carbonyl (C=O) groups excluding carboxylic acids is 1. The Kier molecular flexibility index (Phi) is 3.65. The zero-order valence-electron chi connectivity index (χ0n) is 8.60. The Bertz CT molecular complexity index is 419. The van der Waals surface area contributed by atoms with Crippen molar-refractivity contribution < 1.29 is 14.5 Å². The summed E-state index contributed by atoms with van der Waals surface area (Å²) in [5, 5.41) is 13.2. The number of nitrogens with one attached hydrogen (secondary N) is 1. The molecule has 0 radical (unpaired) electrons. The highest BCUT2D eigenvalue weighted by Gasteiger charge is 2.14. The highest BCUT2D eigenvalue weighted by atomic mass is 16.6. The van der Waals surface area contributed by atoms with Crippen LogP contribution in [0.5, 0.6) is 5.75 Å². The van der Waals surface area contributed by atoms with E-state index in [0.717, 1.165) is 0 Å². The first kappa shape index (κ1) is 11.8. The van der Waals surface area contributed by atoms with E-state index < -0.39 is 10.8 Å². The molecule has 1 aromatic carbocycles. The van der Waals surface area contributed by atoms with Gasteiger partial charge in [-0.1, -0.05) is 0 Å². The number of benzene rings is 1. The molecule has 1 aromatic rings. The number of hydrogen-bond donors (Lipinski definition) is 2. The van der Waals surface area contributed by atoms with Gasteiger partial charge in [0.05, 0.1) is 18.6 Å². The lowest BCUT2D eigenvalue weighted by Gasteiger charge is -2.06. The van der Waals surface area contributed by atoms with E-state index in [1.807, 2.05) is 0 Å². The van der Waals surface area contributed by atoms with E-state index in [1.165, 1.54) is 25.3 Å². The van der Waals surface area contributed by atoms with Gasteiger partial charge in [0.2, 0.25) is 5.91 Å². The second-order valence-electron chi connectivity index (χ2n) is 2.96. The summed E-state index contributed by atoms with van der Waals surface area (Å²) >= 11 is 0. The van der Waals surface area contributed by atoms with Crippen molar-refractivity contribution in [2.45, 2.75) is 0 Å². The topological polar surface area (TPSA) is 107 Å². The third-order valence-electron chi connectivity index (χ3n) is 1.85. The monoisotopic (exact) mass is 225 g/mol. The fourth-order valence-corrected chi connectivity index (χ4v) is 1.13. The average molecular weight is 225 g/mol. The Labute approximate surface area is 91.3 Å². The van der Waals surface area contributed by atoms with Crippen molar-refractivity contribution in [3.8, 4) is 5.75 Å². The smallest absolute Gasteiger partial charge is 0.292 e. The molecule has 0 atom stereocenters. The molecule has 1 rings (SSSR count). The largest absolute Gasteiger partial charge is 0.497 e. The predicted molar refractivity (Wildman–Crippen MR) is 57.3 cm³/mol. The van der Waals surface area contributed by atoms with Crippen molar-refractivity contribution in [3.05, 3.63) is 28.3 Å². The van der Waals surface area contributed by atoms with E-state index in [9.17, 15) is 14.9 Å². The predicted octanol–water partition coefficient (Wildman–Crippen LogP) is 0.501. The summed E-state index contributed by atoms with van der Waals surface area (Å²) in [4.78, 5) is 20.7. The van der Waals surface area contributed by atoms with Gasteiger partial charge >= 0.3 is 0 Å². The van der Waals surface area contributed by atoms with Crippen molar-refractivity contribution in [2.24, 2.45) is 5.73 Å². The molecule has 0 aliphatic carbocycles. The second kappa shape index (κ2) is 4.96. The molecular weight excluding hydrogens is 214 g/mol. The van der Waals surface area contributed by atoms with Gasteiger partial charge in [0, 0.05) is 12.1 Å². The van der Waals surface area contributed by atoms with Gasteiger partial charge in [0.1, 0.15) is 11.4 Å². The van der Waals surface area contributed by atoms with Crippen LogP contribution in [0.1, 0.15) is 0 Å². The zero-order valence-corrected chi connectivity index (χ0v) is 8.60. The van der Waals surface area contributed by atoms with Gasteiger partial charge in [0.25, 0.3) is 5.69 Å². The van der Waals surface area contributed by atoms with Gasteiger partial charge in [-0.3, -0.25) is 14.9 Å². The lowest BCUT2D eigenvalue weighted by molar-refractivity contribution is -0.384. The van der Waals surface area contributed by atoms with Crippen LogP contribution >= 0.6 is 0 Å². The molecule has 7 nitrogen and oxygen atoms in total. The number of rotatable bonds is 5. The van der Waals surface area contributed by atoms with Crippen LogP contribution < -0.4 is 15.8 Å². The lowest BCUT2D eigenvalue weighted by Crippen LogP contribution is -2.22. The first-order chi connectivity index (χ1) is 7.54. The van der Waals surface area contributed by atoms with E-state index in [-0.39, 0.29) is 17.9 Å². The quantitative estimate of drug-likeness (QED) is 0.560. The van der Waals surface area contributed by atoms with Crippen LogP contribution in [0.3, 0.4) is 0 Å². The third-order valence-corrected chi connectivity index (χ3v) is 1.85. The first-order valence-electron chi connectivity index (χ1n) is 4.39. The van der Waals surface area contributed by atoms with Crippen molar-refractivity contribution >= 4 is 17.3 Å². The Morgan fingerprint density at radius 3 is 2.81 bits per heavy atom. The van der Waals surface area contributed by atoms with Gasteiger partial charge in [0.15, 0.2) is 0 Å². The number of methoxy groups -OCH3 is 1.